The standard InChI is InChI=1S/C19H17Cl2FN4O2S2/c1-9-10(2)30-17(15(9)18(27)28-3)24-19(29)23-16-13(21)8-26(25-16)7-11-12(20)5-4-6-14(11)22/h4-6,8H,7H2,1-3H3,(H2,23,24,25,29). The average Bonchev–Trinajstić information content (AvgIpc) is 3.16. The largest absolute Gasteiger partial charge is 0.465 e. The monoisotopic (exact) mass is 486 g/mol. The molecule has 0 atom stereocenters. The van der Waals surface area contributed by atoms with Crippen LogP contribution in [0.1, 0.15) is 26.4 Å². The maximum absolute atomic E-state index is 14.0. The third-order valence-electron chi connectivity index (χ3n) is 4.33. The molecule has 0 aliphatic carbocycles. The second kappa shape index (κ2) is 9.30. The molecule has 3 rings (SSSR count). The first-order valence-electron chi connectivity index (χ1n) is 8.63. The Morgan fingerprint density at radius 2 is 2.03 bits per heavy atom. The number of hydrogen-bond donors (Lipinski definition) is 2. The van der Waals surface area contributed by atoms with Crippen LogP contribution in [0.5, 0.6) is 0 Å². The van der Waals surface area contributed by atoms with E-state index in [1.165, 1.54) is 41.5 Å². The molecule has 6 nitrogen and oxygen atoms in total. The smallest absolute Gasteiger partial charge is 0.341 e. The summed E-state index contributed by atoms with van der Waals surface area (Å²) >= 11 is 19.0. The summed E-state index contributed by atoms with van der Waals surface area (Å²) in [4.78, 5) is 13.1. The summed E-state index contributed by atoms with van der Waals surface area (Å²) in [5.41, 5.74) is 1.55. The Morgan fingerprint density at radius 1 is 1.30 bits per heavy atom. The molecule has 0 amide bonds. The van der Waals surface area contributed by atoms with Gasteiger partial charge in [0.15, 0.2) is 10.9 Å². The van der Waals surface area contributed by atoms with Crippen LogP contribution in [0.3, 0.4) is 0 Å². The minimum absolute atomic E-state index is 0.100. The molecule has 0 unspecified atom stereocenters. The Balaban J connectivity index is 1.76. The Labute approximate surface area is 191 Å². The van der Waals surface area contributed by atoms with E-state index in [2.05, 4.69) is 15.7 Å². The van der Waals surface area contributed by atoms with Gasteiger partial charge in [-0.15, -0.1) is 11.3 Å². The summed E-state index contributed by atoms with van der Waals surface area (Å²) in [7, 11) is 1.32. The topological polar surface area (TPSA) is 68.2 Å². The summed E-state index contributed by atoms with van der Waals surface area (Å²) in [5.74, 6) is -0.600. The molecule has 0 aliphatic heterocycles. The van der Waals surface area contributed by atoms with Gasteiger partial charge in [-0.05, 0) is 43.8 Å². The summed E-state index contributed by atoms with van der Waals surface area (Å²) in [6.07, 6.45) is 1.54. The van der Waals surface area contributed by atoms with Gasteiger partial charge in [-0.25, -0.2) is 9.18 Å². The summed E-state index contributed by atoms with van der Waals surface area (Å²) < 4.78 is 20.3. The molecule has 158 valence electrons. The van der Waals surface area contributed by atoms with Gasteiger partial charge >= 0.3 is 5.97 Å². The van der Waals surface area contributed by atoms with E-state index < -0.39 is 11.8 Å². The molecular weight excluding hydrogens is 470 g/mol. The molecule has 0 saturated heterocycles. The Morgan fingerprint density at radius 3 is 2.70 bits per heavy atom. The van der Waals surface area contributed by atoms with Crippen molar-refractivity contribution in [2.45, 2.75) is 20.4 Å². The zero-order valence-corrected chi connectivity index (χ0v) is 19.3. The fraction of sp³-hybridized carbons (Fsp3) is 0.211. The highest BCUT2D eigenvalue weighted by atomic mass is 35.5. The summed E-state index contributed by atoms with van der Waals surface area (Å²) in [6, 6.07) is 4.46. The van der Waals surface area contributed by atoms with E-state index in [9.17, 15) is 9.18 Å². The van der Waals surface area contributed by atoms with E-state index in [1.54, 1.807) is 6.07 Å². The lowest BCUT2D eigenvalue weighted by molar-refractivity contribution is 0.0601. The molecule has 0 bridgehead atoms. The molecule has 1 aromatic carbocycles. The lowest BCUT2D eigenvalue weighted by atomic mass is 10.1. The first-order valence-corrected chi connectivity index (χ1v) is 10.6. The molecule has 0 fully saturated rings. The minimum atomic E-state index is -0.453. The van der Waals surface area contributed by atoms with Crippen molar-refractivity contribution in [1.29, 1.82) is 0 Å². The van der Waals surface area contributed by atoms with E-state index in [4.69, 9.17) is 40.2 Å². The van der Waals surface area contributed by atoms with Crippen LogP contribution in [0.4, 0.5) is 15.2 Å². The van der Waals surface area contributed by atoms with Gasteiger partial charge in [-0.2, -0.15) is 5.10 Å². The number of nitrogens with zero attached hydrogens (tertiary/aromatic N) is 2. The highest BCUT2D eigenvalue weighted by Gasteiger charge is 2.21. The minimum Gasteiger partial charge on any atom is -0.465 e. The van der Waals surface area contributed by atoms with Crippen molar-refractivity contribution in [2.24, 2.45) is 0 Å². The van der Waals surface area contributed by atoms with Crippen molar-refractivity contribution in [1.82, 2.24) is 9.78 Å². The SMILES string of the molecule is COC(=O)c1c(NC(=S)Nc2nn(Cc3c(F)cccc3Cl)cc2Cl)sc(C)c1C. The molecule has 2 heterocycles. The quantitative estimate of drug-likeness (QED) is 0.358. The van der Waals surface area contributed by atoms with Crippen LogP contribution in [-0.4, -0.2) is 28.0 Å². The number of hydrogen-bond acceptors (Lipinski definition) is 5. The zero-order valence-electron chi connectivity index (χ0n) is 16.2. The van der Waals surface area contributed by atoms with Crippen LogP contribution in [0, 0.1) is 19.7 Å². The highest BCUT2D eigenvalue weighted by Crippen LogP contribution is 2.33. The Hall–Kier alpha value is -2.20. The lowest BCUT2D eigenvalue weighted by Gasteiger charge is -2.09. The molecule has 2 N–H and O–H groups in total. The number of aryl methyl sites for hydroxylation is 1. The van der Waals surface area contributed by atoms with Crippen molar-refractivity contribution >= 4 is 68.7 Å². The number of carbonyl (C=O) groups is 1. The van der Waals surface area contributed by atoms with Crippen LogP contribution in [0.2, 0.25) is 10.0 Å². The number of nitrogens with one attached hydrogen (secondary N) is 2. The Bertz CT molecular complexity index is 1110. The molecule has 30 heavy (non-hydrogen) atoms. The zero-order chi connectivity index (χ0) is 22.0. The number of esters is 1. The van der Waals surface area contributed by atoms with Crippen LogP contribution < -0.4 is 10.6 Å². The maximum atomic E-state index is 14.0. The van der Waals surface area contributed by atoms with E-state index >= 15 is 0 Å². The average molecular weight is 487 g/mol. The second-order valence-electron chi connectivity index (χ2n) is 6.28. The number of thiophene rings is 1. The summed E-state index contributed by atoms with van der Waals surface area (Å²) in [6.45, 7) is 3.84. The third-order valence-corrected chi connectivity index (χ3v) is 6.29. The number of methoxy groups -OCH3 is 1. The number of halogens is 3. The van der Waals surface area contributed by atoms with Crippen molar-refractivity contribution in [3.63, 3.8) is 0 Å². The molecule has 0 radical (unpaired) electrons. The second-order valence-corrected chi connectivity index (χ2v) is 8.73. The van der Waals surface area contributed by atoms with Crippen molar-refractivity contribution in [3.05, 3.63) is 61.8 Å². The number of rotatable bonds is 5. The van der Waals surface area contributed by atoms with Gasteiger partial charge in [0.05, 0.1) is 19.2 Å². The molecule has 2 aromatic heterocycles. The van der Waals surface area contributed by atoms with Crippen molar-refractivity contribution < 1.29 is 13.9 Å². The fourth-order valence-corrected chi connectivity index (χ4v) is 4.45. The van der Waals surface area contributed by atoms with Crippen LogP contribution in [0.15, 0.2) is 24.4 Å². The van der Waals surface area contributed by atoms with Gasteiger partial charge in [0.1, 0.15) is 15.8 Å². The van der Waals surface area contributed by atoms with E-state index in [-0.39, 0.29) is 17.5 Å². The van der Waals surface area contributed by atoms with Gasteiger partial charge < -0.3 is 15.4 Å². The van der Waals surface area contributed by atoms with E-state index in [0.717, 1.165) is 10.4 Å². The maximum Gasteiger partial charge on any atom is 0.341 e. The number of benzene rings is 1. The fourth-order valence-electron chi connectivity index (χ4n) is 2.71. The molecule has 3 aromatic rings. The number of aromatic nitrogens is 2. The van der Waals surface area contributed by atoms with E-state index in [1.807, 2.05) is 13.8 Å². The predicted octanol–water partition coefficient (Wildman–Crippen LogP) is 5.65. The van der Waals surface area contributed by atoms with Gasteiger partial charge in [-0.3, -0.25) is 4.68 Å². The summed E-state index contributed by atoms with van der Waals surface area (Å²) in [5, 5.41) is 11.5. The highest BCUT2D eigenvalue weighted by molar-refractivity contribution is 7.80. The predicted molar refractivity (Wildman–Crippen MR) is 123 cm³/mol. The van der Waals surface area contributed by atoms with Crippen LogP contribution >= 0.6 is 46.8 Å². The van der Waals surface area contributed by atoms with Crippen LogP contribution in [-0.2, 0) is 11.3 Å². The number of ether oxygens (including phenoxy) is 1. The number of carbonyl (C=O) groups excluding carboxylic acids is 1. The first-order chi connectivity index (χ1) is 14.2. The first kappa shape index (κ1) is 22.5. The van der Waals surface area contributed by atoms with Gasteiger partial charge in [0.2, 0.25) is 0 Å². The molecule has 0 spiro atoms. The lowest BCUT2D eigenvalue weighted by Crippen LogP contribution is -2.20. The van der Waals surface area contributed by atoms with Gasteiger partial charge in [0, 0.05) is 21.7 Å². The molecule has 11 heteroatoms. The molecular formula is C19H17Cl2FN4O2S2. The van der Waals surface area contributed by atoms with E-state index in [0.29, 0.717) is 26.2 Å². The molecule has 0 aliphatic rings. The normalized spacial score (nSPS) is 10.7. The third kappa shape index (κ3) is 4.75. The molecule has 0 saturated carbocycles. The Kier molecular flexibility index (Phi) is 6.97. The van der Waals surface area contributed by atoms with Crippen molar-refractivity contribution in [3.8, 4) is 0 Å². The van der Waals surface area contributed by atoms with Gasteiger partial charge in [-0.1, -0.05) is 29.3 Å². The number of anilines is 2. The van der Waals surface area contributed by atoms with Crippen LogP contribution in [0.25, 0.3) is 0 Å². The van der Waals surface area contributed by atoms with Gasteiger partial charge in [0.25, 0.3) is 0 Å². The van der Waals surface area contributed by atoms with Crippen molar-refractivity contribution in [2.75, 3.05) is 17.7 Å². The number of thiocarbonyl (C=S) groups is 1.